The predicted octanol–water partition coefficient (Wildman–Crippen LogP) is 3.18. The van der Waals surface area contributed by atoms with Crippen molar-refractivity contribution in [2.24, 2.45) is 5.73 Å². The van der Waals surface area contributed by atoms with Crippen LogP contribution in [0.15, 0.2) is 28.7 Å². The van der Waals surface area contributed by atoms with Crippen LogP contribution in [-0.4, -0.2) is 24.0 Å². The summed E-state index contributed by atoms with van der Waals surface area (Å²) in [6.07, 6.45) is 0. The molecule has 0 fully saturated rings. The third-order valence-electron chi connectivity index (χ3n) is 2.89. The predicted molar refractivity (Wildman–Crippen MR) is 73.5 cm³/mol. The van der Waals surface area contributed by atoms with Crippen LogP contribution < -0.4 is 5.73 Å². The Morgan fingerprint density at radius 3 is 2.38 bits per heavy atom. The molecule has 0 aliphatic carbocycles. The molecule has 3 heteroatoms. The average molecular weight is 285 g/mol. The summed E-state index contributed by atoms with van der Waals surface area (Å²) in [6, 6.07) is 8.85. The van der Waals surface area contributed by atoms with E-state index < -0.39 is 0 Å². The molecule has 2 N–H and O–H groups in total. The van der Waals surface area contributed by atoms with Gasteiger partial charge in [-0.15, -0.1) is 0 Å². The number of nitrogens with zero attached hydrogens (tertiary/aromatic N) is 1. The van der Waals surface area contributed by atoms with Crippen LogP contribution in [0, 0.1) is 0 Å². The SMILES string of the molecule is CCN(CC)C(c1cccc(Br)c1)C(C)N. The number of hydrogen-bond donors (Lipinski definition) is 1. The van der Waals surface area contributed by atoms with E-state index in [1.165, 1.54) is 5.56 Å². The minimum Gasteiger partial charge on any atom is -0.326 e. The van der Waals surface area contributed by atoms with Crippen molar-refractivity contribution < 1.29 is 0 Å². The highest BCUT2D eigenvalue weighted by Gasteiger charge is 2.21. The quantitative estimate of drug-likeness (QED) is 0.900. The third-order valence-corrected chi connectivity index (χ3v) is 3.39. The van der Waals surface area contributed by atoms with Crippen molar-refractivity contribution in [1.82, 2.24) is 4.90 Å². The molecular formula is C13H21BrN2. The first kappa shape index (κ1) is 13.7. The first-order valence-electron chi connectivity index (χ1n) is 5.85. The molecule has 1 aromatic carbocycles. The zero-order valence-electron chi connectivity index (χ0n) is 10.3. The van der Waals surface area contributed by atoms with Gasteiger partial charge in [0, 0.05) is 16.6 Å². The van der Waals surface area contributed by atoms with E-state index in [0.717, 1.165) is 17.6 Å². The molecule has 1 rings (SSSR count). The average Bonchev–Trinajstić information content (AvgIpc) is 2.24. The van der Waals surface area contributed by atoms with E-state index in [9.17, 15) is 0 Å². The van der Waals surface area contributed by atoms with Crippen molar-refractivity contribution in [1.29, 1.82) is 0 Å². The number of halogens is 1. The molecule has 0 saturated carbocycles. The van der Waals surface area contributed by atoms with Gasteiger partial charge in [0.05, 0.1) is 0 Å². The molecular weight excluding hydrogens is 264 g/mol. The van der Waals surface area contributed by atoms with E-state index in [1.807, 2.05) is 6.07 Å². The van der Waals surface area contributed by atoms with Crippen LogP contribution in [0.2, 0.25) is 0 Å². The molecule has 90 valence electrons. The van der Waals surface area contributed by atoms with Crippen molar-refractivity contribution in [2.45, 2.75) is 32.9 Å². The van der Waals surface area contributed by atoms with Crippen LogP contribution in [0.5, 0.6) is 0 Å². The second kappa shape index (κ2) is 6.38. The second-order valence-electron chi connectivity index (χ2n) is 4.08. The number of hydrogen-bond acceptors (Lipinski definition) is 2. The Balaban J connectivity index is 3.02. The lowest BCUT2D eigenvalue weighted by Crippen LogP contribution is -2.39. The van der Waals surface area contributed by atoms with Gasteiger partial charge < -0.3 is 5.73 Å². The van der Waals surface area contributed by atoms with E-state index >= 15 is 0 Å². The molecule has 0 aliphatic rings. The van der Waals surface area contributed by atoms with Gasteiger partial charge in [0.15, 0.2) is 0 Å². The van der Waals surface area contributed by atoms with Crippen molar-refractivity contribution in [2.75, 3.05) is 13.1 Å². The number of rotatable bonds is 5. The van der Waals surface area contributed by atoms with Crippen molar-refractivity contribution in [3.8, 4) is 0 Å². The molecule has 0 aromatic heterocycles. The zero-order valence-corrected chi connectivity index (χ0v) is 11.9. The monoisotopic (exact) mass is 284 g/mol. The number of likely N-dealkylation sites (N-methyl/N-ethyl adjacent to an activating group) is 1. The molecule has 0 amide bonds. The molecule has 2 nitrogen and oxygen atoms in total. The van der Waals surface area contributed by atoms with Gasteiger partial charge in [0.25, 0.3) is 0 Å². The fourth-order valence-corrected chi connectivity index (χ4v) is 2.57. The van der Waals surface area contributed by atoms with E-state index in [0.29, 0.717) is 6.04 Å². The van der Waals surface area contributed by atoms with Crippen LogP contribution in [0.1, 0.15) is 32.4 Å². The van der Waals surface area contributed by atoms with Crippen molar-refractivity contribution in [3.05, 3.63) is 34.3 Å². The van der Waals surface area contributed by atoms with Crippen LogP contribution in [-0.2, 0) is 0 Å². The third kappa shape index (κ3) is 3.30. The normalized spacial score (nSPS) is 15.1. The highest BCUT2D eigenvalue weighted by Crippen LogP contribution is 2.25. The molecule has 1 aromatic rings. The zero-order chi connectivity index (χ0) is 12.1. The molecule has 0 saturated heterocycles. The summed E-state index contributed by atoms with van der Waals surface area (Å²) >= 11 is 3.51. The first-order valence-corrected chi connectivity index (χ1v) is 6.64. The second-order valence-corrected chi connectivity index (χ2v) is 5.00. The summed E-state index contributed by atoms with van der Waals surface area (Å²) in [4.78, 5) is 2.40. The van der Waals surface area contributed by atoms with Gasteiger partial charge in [-0.1, -0.05) is 41.9 Å². The van der Waals surface area contributed by atoms with Gasteiger partial charge in [-0.05, 0) is 37.7 Å². The fraction of sp³-hybridized carbons (Fsp3) is 0.538. The topological polar surface area (TPSA) is 29.3 Å². The summed E-state index contributed by atoms with van der Waals surface area (Å²) in [5.74, 6) is 0. The molecule has 0 spiro atoms. The Labute approximate surface area is 107 Å². The summed E-state index contributed by atoms with van der Waals surface area (Å²) in [5.41, 5.74) is 7.40. The standard InChI is InChI=1S/C13H21BrN2/c1-4-16(5-2)13(10(3)15)11-7-6-8-12(14)9-11/h6-10,13H,4-5,15H2,1-3H3. The Morgan fingerprint density at radius 1 is 1.31 bits per heavy atom. The minimum atomic E-state index is 0.134. The summed E-state index contributed by atoms with van der Waals surface area (Å²) in [6.45, 7) is 8.47. The highest BCUT2D eigenvalue weighted by atomic mass is 79.9. The van der Waals surface area contributed by atoms with Crippen LogP contribution in [0.3, 0.4) is 0 Å². The maximum atomic E-state index is 6.11. The molecule has 0 bridgehead atoms. The summed E-state index contributed by atoms with van der Waals surface area (Å²) < 4.78 is 1.11. The van der Waals surface area contributed by atoms with Crippen LogP contribution in [0.25, 0.3) is 0 Å². The Hall–Kier alpha value is -0.380. The van der Waals surface area contributed by atoms with Gasteiger partial charge in [0.1, 0.15) is 0 Å². The largest absolute Gasteiger partial charge is 0.326 e. The van der Waals surface area contributed by atoms with E-state index in [4.69, 9.17) is 5.73 Å². The lowest BCUT2D eigenvalue weighted by Gasteiger charge is -2.33. The maximum Gasteiger partial charge on any atom is 0.0496 e. The van der Waals surface area contributed by atoms with Gasteiger partial charge in [-0.2, -0.15) is 0 Å². The Kier molecular flexibility index (Phi) is 5.46. The van der Waals surface area contributed by atoms with E-state index in [2.05, 4.69) is 59.8 Å². The smallest absolute Gasteiger partial charge is 0.0496 e. The van der Waals surface area contributed by atoms with Crippen molar-refractivity contribution >= 4 is 15.9 Å². The molecule has 2 atom stereocenters. The molecule has 0 radical (unpaired) electrons. The van der Waals surface area contributed by atoms with Crippen LogP contribution in [0.4, 0.5) is 0 Å². The lowest BCUT2D eigenvalue weighted by atomic mass is 9.99. The Morgan fingerprint density at radius 2 is 1.94 bits per heavy atom. The van der Waals surface area contributed by atoms with Gasteiger partial charge >= 0.3 is 0 Å². The number of nitrogens with two attached hydrogens (primary N) is 1. The fourth-order valence-electron chi connectivity index (χ4n) is 2.15. The van der Waals surface area contributed by atoms with Crippen molar-refractivity contribution in [3.63, 3.8) is 0 Å². The van der Waals surface area contributed by atoms with E-state index in [-0.39, 0.29) is 6.04 Å². The number of benzene rings is 1. The first-order chi connectivity index (χ1) is 7.60. The summed E-state index contributed by atoms with van der Waals surface area (Å²) in [5, 5.41) is 0. The van der Waals surface area contributed by atoms with Crippen LogP contribution >= 0.6 is 15.9 Å². The van der Waals surface area contributed by atoms with E-state index in [1.54, 1.807) is 0 Å². The van der Waals surface area contributed by atoms with Gasteiger partial charge in [0.2, 0.25) is 0 Å². The minimum absolute atomic E-state index is 0.134. The molecule has 0 aliphatic heterocycles. The molecule has 2 unspecified atom stereocenters. The van der Waals surface area contributed by atoms with Gasteiger partial charge in [-0.25, -0.2) is 0 Å². The highest BCUT2D eigenvalue weighted by molar-refractivity contribution is 9.10. The maximum absolute atomic E-state index is 6.11. The molecule has 16 heavy (non-hydrogen) atoms. The van der Waals surface area contributed by atoms with Gasteiger partial charge in [-0.3, -0.25) is 4.90 Å². The summed E-state index contributed by atoms with van der Waals surface area (Å²) in [7, 11) is 0. The lowest BCUT2D eigenvalue weighted by molar-refractivity contribution is 0.195. The Bertz CT molecular complexity index is 321. The molecule has 0 heterocycles.